The Labute approximate surface area is 98.7 Å². The van der Waals surface area contributed by atoms with Crippen LogP contribution in [0, 0.1) is 0 Å². The number of aromatic nitrogens is 1. The molecular weight excluding hydrogens is 220 g/mol. The number of furan rings is 1. The molecule has 90 valence electrons. The van der Waals surface area contributed by atoms with Gasteiger partial charge in [0.05, 0.1) is 17.3 Å². The normalized spacial score (nSPS) is 11.7. The summed E-state index contributed by atoms with van der Waals surface area (Å²) in [5.74, 6) is -0.881. The number of anilines is 1. The molecule has 0 unspecified atom stereocenters. The zero-order chi connectivity index (χ0) is 12.6. The van der Waals surface area contributed by atoms with Gasteiger partial charge in [0, 0.05) is 13.2 Å². The van der Waals surface area contributed by atoms with Crippen molar-refractivity contribution in [3.05, 3.63) is 24.6 Å². The van der Waals surface area contributed by atoms with Crippen molar-refractivity contribution >= 4 is 22.8 Å². The molecule has 0 saturated carbocycles. The monoisotopic (exact) mass is 234 g/mol. The Morgan fingerprint density at radius 2 is 2.18 bits per heavy atom. The van der Waals surface area contributed by atoms with Gasteiger partial charge in [-0.15, -0.1) is 0 Å². The molecule has 0 aliphatic heterocycles. The van der Waals surface area contributed by atoms with E-state index >= 15 is 0 Å². The fourth-order valence-corrected chi connectivity index (χ4v) is 1.60. The maximum absolute atomic E-state index is 11.2. The number of hydrogen-bond acceptors (Lipinski definition) is 4. The van der Waals surface area contributed by atoms with Crippen LogP contribution in [-0.4, -0.2) is 28.6 Å². The average Bonchev–Trinajstić information content (AvgIpc) is 2.75. The van der Waals surface area contributed by atoms with E-state index in [0.717, 1.165) is 11.1 Å². The maximum atomic E-state index is 11.2. The lowest BCUT2D eigenvalue weighted by Gasteiger charge is -2.33. The molecule has 0 fully saturated rings. The summed E-state index contributed by atoms with van der Waals surface area (Å²) in [5, 5.41) is 10.0. The van der Waals surface area contributed by atoms with Gasteiger partial charge in [0.15, 0.2) is 0 Å². The predicted octanol–water partition coefficient (Wildman–Crippen LogP) is 2.13. The SMILES string of the molecule is CN(c1ccnc2occc12)C(C)(C)C(=O)O. The third-order valence-electron chi connectivity index (χ3n) is 3.07. The largest absolute Gasteiger partial charge is 0.480 e. The molecule has 0 bridgehead atoms. The number of carboxylic acids is 1. The maximum Gasteiger partial charge on any atom is 0.328 e. The lowest BCUT2D eigenvalue weighted by atomic mass is 10.0. The van der Waals surface area contributed by atoms with Crippen LogP contribution in [0.15, 0.2) is 29.0 Å². The van der Waals surface area contributed by atoms with Crippen molar-refractivity contribution in [2.75, 3.05) is 11.9 Å². The summed E-state index contributed by atoms with van der Waals surface area (Å²) in [5.41, 5.74) is 0.303. The second-order valence-electron chi connectivity index (χ2n) is 4.39. The fraction of sp³-hybridized carbons (Fsp3) is 0.333. The van der Waals surface area contributed by atoms with Crippen LogP contribution in [0.4, 0.5) is 5.69 Å². The lowest BCUT2D eigenvalue weighted by molar-refractivity contribution is -0.142. The number of aliphatic carboxylic acids is 1. The Morgan fingerprint density at radius 1 is 1.47 bits per heavy atom. The standard InChI is InChI=1S/C12H14N2O3/c1-12(2,11(15)16)14(3)9-4-6-13-10-8(9)5-7-17-10/h4-7H,1-3H3,(H,15,16). The van der Waals surface area contributed by atoms with E-state index < -0.39 is 11.5 Å². The highest BCUT2D eigenvalue weighted by Gasteiger charge is 2.33. The second-order valence-corrected chi connectivity index (χ2v) is 4.39. The van der Waals surface area contributed by atoms with Gasteiger partial charge in [-0.3, -0.25) is 0 Å². The summed E-state index contributed by atoms with van der Waals surface area (Å²) in [7, 11) is 1.75. The number of rotatable bonds is 3. The molecule has 0 amide bonds. The quantitative estimate of drug-likeness (QED) is 0.881. The number of carbonyl (C=O) groups is 1. The van der Waals surface area contributed by atoms with Crippen molar-refractivity contribution in [2.45, 2.75) is 19.4 Å². The molecule has 17 heavy (non-hydrogen) atoms. The summed E-state index contributed by atoms with van der Waals surface area (Å²) >= 11 is 0. The van der Waals surface area contributed by atoms with Gasteiger partial charge in [-0.2, -0.15) is 0 Å². The first-order chi connectivity index (χ1) is 7.94. The minimum absolute atomic E-state index is 0.510. The van der Waals surface area contributed by atoms with Crippen LogP contribution < -0.4 is 4.90 Å². The number of pyridine rings is 1. The number of carboxylic acid groups (broad SMARTS) is 1. The van der Waals surface area contributed by atoms with Crippen molar-refractivity contribution < 1.29 is 14.3 Å². The summed E-state index contributed by atoms with van der Waals surface area (Å²) in [6.07, 6.45) is 3.15. The molecule has 2 rings (SSSR count). The van der Waals surface area contributed by atoms with Crippen molar-refractivity contribution in [2.24, 2.45) is 0 Å². The Kier molecular flexibility index (Phi) is 2.53. The van der Waals surface area contributed by atoms with E-state index in [1.165, 1.54) is 0 Å². The minimum atomic E-state index is -0.994. The van der Waals surface area contributed by atoms with Crippen LogP contribution in [0.1, 0.15) is 13.8 Å². The van der Waals surface area contributed by atoms with E-state index in [1.54, 1.807) is 50.4 Å². The minimum Gasteiger partial charge on any atom is -0.480 e. The van der Waals surface area contributed by atoms with E-state index in [4.69, 9.17) is 4.42 Å². The first-order valence-electron chi connectivity index (χ1n) is 5.24. The van der Waals surface area contributed by atoms with E-state index in [2.05, 4.69) is 4.98 Å². The van der Waals surface area contributed by atoms with E-state index in [0.29, 0.717) is 5.71 Å². The molecular formula is C12H14N2O3. The van der Waals surface area contributed by atoms with Gasteiger partial charge in [0.25, 0.3) is 0 Å². The summed E-state index contributed by atoms with van der Waals surface area (Å²) in [6.45, 7) is 3.31. The fourth-order valence-electron chi connectivity index (χ4n) is 1.60. The summed E-state index contributed by atoms with van der Waals surface area (Å²) in [6, 6.07) is 3.56. The second kappa shape index (κ2) is 3.76. The highest BCUT2D eigenvalue weighted by atomic mass is 16.4. The smallest absolute Gasteiger partial charge is 0.328 e. The van der Waals surface area contributed by atoms with Crippen molar-refractivity contribution in [3.63, 3.8) is 0 Å². The number of likely N-dealkylation sites (N-methyl/N-ethyl adjacent to an activating group) is 1. The number of nitrogens with zero attached hydrogens (tertiary/aromatic N) is 2. The topological polar surface area (TPSA) is 66.6 Å². The zero-order valence-electron chi connectivity index (χ0n) is 9.97. The highest BCUT2D eigenvalue weighted by Crippen LogP contribution is 2.29. The first kappa shape index (κ1) is 11.4. The molecule has 0 radical (unpaired) electrons. The predicted molar refractivity (Wildman–Crippen MR) is 64.1 cm³/mol. The first-order valence-corrected chi connectivity index (χ1v) is 5.24. The van der Waals surface area contributed by atoms with Gasteiger partial charge in [-0.1, -0.05) is 0 Å². The molecule has 5 heteroatoms. The average molecular weight is 234 g/mol. The van der Waals surface area contributed by atoms with Gasteiger partial charge in [0.1, 0.15) is 5.54 Å². The lowest BCUT2D eigenvalue weighted by Crippen LogP contribution is -2.48. The van der Waals surface area contributed by atoms with E-state index in [1.807, 2.05) is 0 Å². The molecule has 2 aromatic rings. The Hall–Kier alpha value is -2.04. The van der Waals surface area contributed by atoms with Gasteiger partial charge < -0.3 is 14.4 Å². The van der Waals surface area contributed by atoms with Crippen LogP contribution in [0.25, 0.3) is 11.1 Å². The highest BCUT2D eigenvalue weighted by molar-refractivity contribution is 5.92. The third-order valence-corrected chi connectivity index (χ3v) is 3.07. The van der Waals surface area contributed by atoms with Crippen LogP contribution in [0.3, 0.4) is 0 Å². The van der Waals surface area contributed by atoms with Crippen molar-refractivity contribution in [1.29, 1.82) is 0 Å². The van der Waals surface area contributed by atoms with Gasteiger partial charge in [-0.05, 0) is 26.0 Å². The molecule has 0 saturated heterocycles. The molecule has 0 aliphatic rings. The summed E-state index contributed by atoms with van der Waals surface area (Å²) in [4.78, 5) is 17.0. The summed E-state index contributed by atoms with van der Waals surface area (Å²) < 4.78 is 5.20. The van der Waals surface area contributed by atoms with Gasteiger partial charge in [0.2, 0.25) is 5.71 Å². The number of fused-ring (bicyclic) bond motifs is 1. The van der Waals surface area contributed by atoms with Crippen LogP contribution in [0.2, 0.25) is 0 Å². The van der Waals surface area contributed by atoms with E-state index in [9.17, 15) is 9.90 Å². The Balaban J connectivity index is 2.53. The van der Waals surface area contributed by atoms with Crippen LogP contribution in [0.5, 0.6) is 0 Å². The Bertz CT molecular complexity index is 560. The number of hydrogen-bond donors (Lipinski definition) is 1. The third kappa shape index (κ3) is 1.73. The molecule has 2 heterocycles. The van der Waals surface area contributed by atoms with Crippen molar-refractivity contribution in [3.8, 4) is 0 Å². The van der Waals surface area contributed by atoms with Gasteiger partial charge >= 0.3 is 5.97 Å². The zero-order valence-corrected chi connectivity index (χ0v) is 9.97. The van der Waals surface area contributed by atoms with E-state index in [-0.39, 0.29) is 0 Å². The molecule has 0 aliphatic carbocycles. The molecule has 0 spiro atoms. The van der Waals surface area contributed by atoms with Gasteiger partial charge in [-0.25, -0.2) is 9.78 Å². The van der Waals surface area contributed by atoms with Crippen molar-refractivity contribution in [1.82, 2.24) is 4.98 Å². The molecule has 1 N–H and O–H groups in total. The molecule has 0 aromatic carbocycles. The molecule has 5 nitrogen and oxygen atoms in total. The molecule has 0 atom stereocenters. The molecule has 2 aromatic heterocycles. The van der Waals surface area contributed by atoms with Crippen LogP contribution in [-0.2, 0) is 4.79 Å². The Morgan fingerprint density at radius 3 is 2.82 bits per heavy atom. The van der Waals surface area contributed by atoms with Crippen LogP contribution >= 0.6 is 0 Å².